The van der Waals surface area contributed by atoms with Crippen molar-refractivity contribution >= 4 is 11.8 Å². The summed E-state index contributed by atoms with van der Waals surface area (Å²) in [5.41, 5.74) is 0.530. The molecule has 0 aromatic carbocycles. The van der Waals surface area contributed by atoms with Crippen LogP contribution in [0.2, 0.25) is 0 Å². The normalized spacial score (nSPS) is 19.2. The number of piperidine rings is 1. The second kappa shape index (κ2) is 6.78. The Morgan fingerprint density at radius 3 is 2.95 bits per heavy atom. The average molecular weight is 291 g/mol. The van der Waals surface area contributed by atoms with Gasteiger partial charge in [-0.1, -0.05) is 0 Å². The molecule has 2 heterocycles. The highest BCUT2D eigenvalue weighted by Crippen LogP contribution is 2.21. The third-order valence-corrected chi connectivity index (χ3v) is 3.46. The average Bonchev–Trinajstić information content (AvgIpc) is 2.45. The lowest BCUT2D eigenvalue weighted by Gasteiger charge is -2.37. The van der Waals surface area contributed by atoms with Crippen LogP contribution in [0.5, 0.6) is 0 Å². The predicted molar refractivity (Wildman–Crippen MR) is 83.3 cm³/mol. The molecule has 1 aliphatic rings. The van der Waals surface area contributed by atoms with Crippen molar-refractivity contribution < 1.29 is 9.53 Å². The maximum Gasteiger partial charge on any atom is 0.410 e. The molecule has 0 saturated carbocycles. The van der Waals surface area contributed by atoms with Crippen LogP contribution in [0.15, 0.2) is 24.5 Å². The van der Waals surface area contributed by atoms with Crippen molar-refractivity contribution in [3.63, 3.8) is 0 Å². The van der Waals surface area contributed by atoms with Crippen LogP contribution in [0.25, 0.3) is 0 Å². The Bertz CT molecular complexity index is 456. The Hall–Kier alpha value is -1.78. The highest BCUT2D eigenvalue weighted by Gasteiger charge is 2.30. The number of rotatable bonds is 3. The van der Waals surface area contributed by atoms with Crippen LogP contribution in [0, 0.1) is 0 Å². The Labute approximate surface area is 126 Å². The van der Waals surface area contributed by atoms with E-state index in [9.17, 15) is 4.79 Å². The number of nitrogens with one attached hydrogen (secondary N) is 1. The summed E-state index contributed by atoms with van der Waals surface area (Å²) < 4.78 is 5.51. The Morgan fingerprint density at radius 2 is 2.29 bits per heavy atom. The fourth-order valence-corrected chi connectivity index (χ4v) is 2.48. The molecule has 21 heavy (non-hydrogen) atoms. The first-order valence-electron chi connectivity index (χ1n) is 7.59. The van der Waals surface area contributed by atoms with Crippen LogP contribution in [-0.2, 0) is 4.74 Å². The molecule has 5 nitrogen and oxygen atoms in total. The van der Waals surface area contributed by atoms with E-state index in [1.807, 2.05) is 37.8 Å². The molecule has 1 saturated heterocycles. The first-order chi connectivity index (χ1) is 9.96. The largest absolute Gasteiger partial charge is 0.444 e. The van der Waals surface area contributed by atoms with Crippen LogP contribution in [0.3, 0.4) is 0 Å². The van der Waals surface area contributed by atoms with Gasteiger partial charge in [-0.25, -0.2) is 4.79 Å². The summed E-state index contributed by atoms with van der Waals surface area (Å²) in [6.45, 7) is 7.20. The highest BCUT2D eigenvalue weighted by atomic mass is 16.6. The summed E-state index contributed by atoms with van der Waals surface area (Å²) in [5.74, 6) is 0. The Morgan fingerprint density at radius 1 is 1.48 bits per heavy atom. The lowest BCUT2D eigenvalue weighted by Crippen LogP contribution is -2.48. The molecule has 1 atom stereocenters. The summed E-state index contributed by atoms with van der Waals surface area (Å²) >= 11 is 0. The van der Waals surface area contributed by atoms with Gasteiger partial charge in [0.05, 0.1) is 11.7 Å². The van der Waals surface area contributed by atoms with E-state index in [4.69, 9.17) is 4.74 Å². The van der Waals surface area contributed by atoms with Gasteiger partial charge in [0.1, 0.15) is 5.60 Å². The van der Waals surface area contributed by atoms with E-state index in [1.54, 1.807) is 12.4 Å². The number of carbonyl (C=O) groups is 1. The topological polar surface area (TPSA) is 54.5 Å². The summed E-state index contributed by atoms with van der Waals surface area (Å²) in [6.07, 6.45) is 6.54. The molecular weight excluding hydrogens is 266 g/mol. The van der Waals surface area contributed by atoms with Gasteiger partial charge in [-0.05, 0) is 52.2 Å². The summed E-state index contributed by atoms with van der Waals surface area (Å²) in [4.78, 5) is 18.2. The number of hydrogen-bond donors (Lipinski definition) is 1. The number of ether oxygens (including phenoxy) is 1. The zero-order valence-corrected chi connectivity index (χ0v) is 13.1. The van der Waals surface area contributed by atoms with Gasteiger partial charge >= 0.3 is 6.09 Å². The van der Waals surface area contributed by atoms with Crippen LogP contribution in [0.4, 0.5) is 10.5 Å². The molecule has 0 spiro atoms. The Balaban J connectivity index is 1.94. The van der Waals surface area contributed by atoms with Crippen LogP contribution in [-0.4, -0.2) is 40.7 Å². The smallest absolute Gasteiger partial charge is 0.410 e. The molecule has 2 rings (SSSR count). The van der Waals surface area contributed by atoms with Gasteiger partial charge < -0.3 is 15.0 Å². The first-order valence-corrected chi connectivity index (χ1v) is 7.59. The summed E-state index contributed by atoms with van der Waals surface area (Å²) in [7, 11) is 0. The van der Waals surface area contributed by atoms with E-state index in [2.05, 4.69) is 10.3 Å². The molecule has 0 radical (unpaired) electrons. The predicted octanol–water partition coefficient (Wildman–Crippen LogP) is 3.28. The van der Waals surface area contributed by atoms with Crippen molar-refractivity contribution in [2.24, 2.45) is 0 Å². The zero-order valence-electron chi connectivity index (χ0n) is 13.1. The second-order valence-corrected chi connectivity index (χ2v) is 6.45. The highest BCUT2D eigenvalue weighted by molar-refractivity contribution is 5.68. The monoisotopic (exact) mass is 291 g/mol. The van der Waals surface area contributed by atoms with Crippen molar-refractivity contribution in [3.05, 3.63) is 24.5 Å². The number of likely N-dealkylation sites (tertiary alicyclic amines) is 1. The van der Waals surface area contributed by atoms with Crippen molar-refractivity contribution in [3.8, 4) is 0 Å². The number of nitrogens with zero attached hydrogens (tertiary/aromatic N) is 2. The summed E-state index contributed by atoms with van der Waals surface area (Å²) in [5, 5.41) is 3.35. The van der Waals surface area contributed by atoms with Gasteiger partial charge in [0.25, 0.3) is 0 Å². The first kappa shape index (κ1) is 15.6. The molecule has 1 aliphatic heterocycles. The Kier molecular flexibility index (Phi) is 5.04. The standard InChI is InChI=1S/C16H25N3O2/c1-16(2,3)21-15(20)19-10-5-4-8-14(19)12-18-13-7-6-9-17-11-13/h6-7,9,11,14,18H,4-5,8,10,12H2,1-3H3/t14-/m0/s1. The minimum Gasteiger partial charge on any atom is -0.444 e. The molecule has 1 N–H and O–H groups in total. The van der Waals surface area contributed by atoms with E-state index in [0.717, 1.165) is 38.0 Å². The summed E-state index contributed by atoms with van der Waals surface area (Å²) in [6, 6.07) is 4.05. The molecule has 116 valence electrons. The minimum atomic E-state index is -0.449. The van der Waals surface area contributed by atoms with Gasteiger partial charge in [0.2, 0.25) is 0 Å². The van der Waals surface area contributed by atoms with Crippen molar-refractivity contribution in [2.75, 3.05) is 18.4 Å². The maximum atomic E-state index is 12.3. The van der Waals surface area contributed by atoms with Crippen LogP contribution < -0.4 is 5.32 Å². The van der Waals surface area contributed by atoms with Gasteiger partial charge in [0, 0.05) is 25.5 Å². The zero-order chi connectivity index (χ0) is 15.3. The SMILES string of the molecule is CC(C)(C)OC(=O)N1CCCC[C@H]1CNc1cccnc1. The molecule has 1 fully saturated rings. The molecule has 0 bridgehead atoms. The van der Waals surface area contributed by atoms with Gasteiger partial charge in [-0.15, -0.1) is 0 Å². The molecule has 1 amide bonds. The van der Waals surface area contributed by atoms with Gasteiger partial charge in [0.15, 0.2) is 0 Å². The molecule has 1 aromatic heterocycles. The van der Waals surface area contributed by atoms with Crippen molar-refractivity contribution in [2.45, 2.75) is 51.7 Å². The van der Waals surface area contributed by atoms with Gasteiger partial charge in [-0.3, -0.25) is 4.98 Å². The van der Waals surface area contributed by atoms with Crippen LogP contribution >= 0.6 is 0 Å². The number of aromatic nitrogens is 1. The van der Waals surface area contributed by atoms with E-state index >= 15 is 0 Å². The number of hydrogen-bond acceptors (Lipinski definition) is 4. The fraction of sp³-hybridized carbons (Fsp3) is 0.625. The number of carbonyl (C=O) groups excluding carboxylic acids is 1. The lowest BCUT2D eigenvalue weighted by atomic mass is 10.0. The quantitative estimate of drug-likeness (QED) is 0.928. The van der Waals surface area contributed by atoms with E-state index in [0.29, 0.717) is 0 Å². The molecule has 0 unspecified atom stereocenters. The molecule has 1 aromatic rings. The third-order valence-electron chi connectivity index (χ3n) is 3.46. The van der Waals surface area contributed by atoms with E-state index in [1.165, 1.54) is 0 Å². The molecule has 5 heteroatoms. The maximum absolute atomic E-state index is 12.3. The molecule has 0 aliphatic carbocycles. The number of anilines is 1. The third kappa shape index (κ3) is 4.92. The fourth-order valence-electron chi connectivity index (χ4n) is 2.48. The molecular formula is C16H25N3O2. The second-order valence-electron chi connectivity index (χ2n) is 6.45. The van der Waals surface area contributed by atoms with Crippen molar-refractivity contribution in [1.29, 1.82) is 0 Å². The van der Waals surface area contributed by atoms with Crippen LogP contribution in [0.1, 0.15) is 40.0 Å². The number of pyridine rings is 1. The van der Waals surface area contributed by atoms with Crippen molar-refractivity contribution in [1.82, 2.24) is 9.88 Å². The van der Waals surface area contributed by atoms with Gasteiger partial charge in [-0.2, -0.15) is 0 Å². The van der Waals surface area contributed by atoms with E-state index < -0.39 is 5.60 Å². The lowest BCUT2D eigenvalue weighted by molar-refractivity contribution is 0.0114. The van der Waals surface area contributed by atoms with E-state index in [-0.39, 0.29) is 12.1 Å². The number of amides is 1. The minimum absolute atomic E-state index is 0.175.